The maximum Gasteiger partial charge on any atom is 0.229 e. The van der Waals surface area contributed by atoms with Crippen LogP contribution in [-0.4, -0.2) is 10.9 Å². The molecule has 1 aromatic carbocycles. The van der Waals surface area contributed by atoms with E-state index in [1.807, 2.05) is 0 Å². The van der Waals surface area contributed by atoms with Crippen LogP contribution < -0.4 is 5.32 Å². The smallest absolute Gasteiger partial charge is 0.229 e. The van der Waals surface area contributed by atoms with Crippen molar-refractivity contribution >= 4 is 46.5 Å². The van der Waals surface area contributed by atoms with E-state index < -0.39 is 0 Å². The molecule has 1 N–H and O–H groups in total. The number of hydrogen-bond donors (Lipinski definition) is 1. The second kappa shape index (κ2) is 6.24. The SMILES string of the molecule is O=C(Cc1ccc(Cl)c(Cl)c1)Nc1ccc(Cl)cn1. The highest BCUT2D eigenvalue weighted by Crippen LogP contribution is 2.22. The van der Waals surface area contributed by atoms with Gasteiger partial charge in [-0.25, -0.2) is 4.98 Å². The van der Waals surface area contributed by atoms with E-state index in [0.29, 0.717) is 20.9 Å². The molecule has 0 unspecified atom stereocenters. The van der Waals surface area contributed by atoms with E-state index in [-0.39, 0.29) is 12.3 Å². The highest BCUT2D eigenvalue weighted by molar-refractivity contribution is 6.42. The summed E-state index contributed by atoms with van der Waals surface area (Å²) in [5.41, 5.74) is 0.779. The highest BCUT2D eigenvalue weighted by atomic mass is 35.5. The Morgan fingerprint density at radius 3 is 2.53 bits per heavy atom. The molecule has 0 aliphatic rings. The maximum absolute atomic E-state index is 11.8. The number of anilines is 1. The predicted octanol–water partition coefficient (Wildman–Crippen LogP) is 4.22. The van der Waals surface area contributed by atoms with E-state index in [4.69, 9.17) is 34.8 Å². The first-order valence-corrected chi connectivity index (χ1v) is 6.53. The van der Waals surface area contributed by atoms with E-state index in [1.54, 1.807) is 30.3 Å². The summed E-state index contributed by atoms with van der Waals surface area (Å²) in [6.07, 6.45) is 1.66. The minimum Gasteiger partial charge on any atom is -0.310 e. The molecule has 0 saturated heterocycles. The zero-order chi connectivity index (χ0) is 13.8. The summed E-state index contributed by atoms with van der Waals surface area (Å²) in [7, 11) is 0. The molecule has 1 heterocycles. The number of amides is 1. The third-order valence-electron chi connectivity index (χ3n) is 2.34. The minimum atomic E-state index is -0.187. The van der Waals surface area contributed by atoms with Crippen molar-refractivity contribution in [3.63, 3.8) is 0 Å². The van der Waals surface area contributed by atoms with Gasteiger partial charge in [-0.1, -0.05) is 40.9 Å². The average Bonchev–Trinajstić information content (AvgIpc) is 2.37. The molecule has 3 nitrogen and oxygen atoms in total. The molecule has 0 aliphatic heterocycles. The van der Waals surface area contributed by atoms with Crippen molar-refractivity contribution in [2.24, 2.45) is 0 Å². The van der Waals surface area contributed by atoms with Crippen molar-refractivity contribution in [3.05, 3.63) is 57.2 Å². The van der Waals surface area contributed by atoms with Crippen LogP contribution in [0.5, 0.6) is 0 Å². The summed E-state index contributed by atoms with van der Waals surface area (Å²) < 4.78 is 0. The number of halogens is 3. The molecular weight excluding hydrogens is 307 g/mol. The molecule has 2 rings (SSSR count). The average molecular weight is 316 g/mol. The highest BCUT2D eigenvalue weighted by Gasteiger charge is 2.06. The number of pyridine rings is 1. The zero-order valence-electron chi connectivity index (χ0n) is 9.66. The van der Waals surface area contributed by atoms with Crippen LogP contribution in [0.1, 0.15) is 5.56 Å². The van der Waals surface area contributed by atoms with Gasteiger partial charge in [0.1, 0.15) is 5.82 Å². The van der Waals surface area contributed by atoms with Crippen molar-refractivity contribution in [1.82, 2.24) is 4.98 Å². The van der Waals surface area contributed by atoms with Gasteiger partial charge in [0.2, 0.25) is 5.91 Å². The molecule has 0 fully saturated rings. The van der Waals surface area contributed by atoms with Gasteiger partial charge in [0.15, 0.2) is 0 Å². The Bertz CT molecular complexity index is 599. The van der Waals surface area contributed by atoms with Crippen LogP contribution in [0.3, 0.4) is 0 Å². The second-order valence-corrected chi connectivity index (χ2v) is 5.09. The normalized spacial score (nSPS) is 10.3. The molecule has 1 aromatic heterocycles. The van der Waals surface area contributed by atoms with E-state index in [0.717, 1.165) is 5.56 Å². The first-order chi connectivity index (χ1) is 9.04. The number of rotatable bonds is 3. The van der Waals surface area contributed by atoms with E-state index in [2.05, 4.69) is 10.3 Å². The van der Waals surface area contributed by atoms with Crippen LogP contribution in [0.15, 0.2) is 36.5 Å². The molecule has 0 spiro atoms. The van der Waals surface area contributed by atoms with Crippen molar-refractivity contribution < 1.29 is 4.79 Å². The summed E-state index contributed by atoms with van der Waals surface area (Å²) in [6, 6.07) is 8.37. The van der Waals surface area contributed by atoms with Crippen LogP contribution >= 0.6 is 34.8 Å². The number of nitrogens with zero attached hydrogens (tertiary/aromatic N) is 1. The first kappa shape index (κ1) is 14.1. The number of carbonyl (C=O) groups is 1. The molecule has 1 amide bonds. The molecule has 0 radical (unpaired) electrons. The zero-order valence-corrected chi connectivity index (χ0v) is 11.9. The molecule has 0 atom stereocenters. The lowest BCUT2D eigenvalue weighted by Crippen LogP contribution is -2.15. The quantitative estimate of drug-likeness (QED) is 0.921. The molecule has 0 bridgehead atoms. The van der Waals surface area contributed by atoms with Gasteiger partial charge in [0.05, 0.1) is 21.5 Å². The van der Waals surface area contributed by atoms with Crippen molar-refractivity contribution in [2.75, 3.05) is 5.32 Å². The summed E-state index contributed by atoms with van der Waals surface area (Å²) in [5.74, 6) is 0.266. The van der Waals surface area contributed by atoms with Crippen LogP contribution in [0.25, 0.3) is 0 Å². The van der Waals surface area contributed by atoms with Gasteiger partial charge in [-0.15, -0.1) is 0 Å². The summed E-state index contributed by atoms with van der Waals surface area (Å²) in [5, 5.41) is 4.07. The van der Waals surface area contributed by atoms with E-state index >= 15 is 0 Å². The Labute approximate surface area is 125 Å². The second-order valence-electron chi connectivity index (χ2n) is 3.84. The Morgan fingerprint density at radius 1 is 1.11 bits per heavy atom. The Hall–Kier alpha value is -1.29. The molecule has 6 heteroatoms. The monoisotopic (exact) mass is 314 g/mol. The lowest BCUT2D eigenvalue weighted by molar-refractivity contribution is -0.115. The van der Waals surface area contributed by atoms with Gasteiger partial charge in [-0.05, 0) is 29.8 Å². The van der Waals surface area contributed by atoms with Crippen LogP contribution in [0.2, 0.25) is 15.1 Å². The van der Waals surface area contributed by atoms with Gasteiger partial charge in [0.25, 0.3) is 0 Å². The van der Waals surface area contributed by atoms with Gasteiger partial charge >= 0.3 is 0 Å². The van der Waals surface area contributed by atoms with Gasteiger partial charge in [-0.2, -0.15) is 0 Å². The fourth-order valence-corrected chi connectivity index (χ4v) is 1.90. The Morgan fingerprint density at radius 2 is 1.89 bits per heavy atom. The van der Waals surface area contributed by atoms with Gasteiger partial charge in [0, 0.05) is 6.20 Å². The molecule has 0 aliphatic carbocycles. The summed E-state index contributed by atoms with van der Waals surface area (Å²) >= 11 is 17.4. The fraction of sp³-hybridized carbons (Fsp3) is 0.0769. The van der Waals surface area contributed by atoms with Crippen molar-refractivity contribution in [1.29, 1.82) is 0 Å². The molecule has 19 heavy (non-hydrogen) atoms. The van der Waals surface area contributed by atoms with Crippen LogP contribution in [-0.2, 0) is 11.2 Å². The van der Waals surface area contributed by atoms with Gasteiger partial charge in [-0.3, -0.25) is 4.79 Å². The van der Waals surface area contributed by atoms with Crippen LogP contribution in [0, 0.1) is 0 Å². The summed E-state index contributed by atoms with van der Waals surface area (Å²) in [6.45, 7) is 0. The largest absolute Gasteiger partial charge is 0.310 e. The lowest BCUT2D eigenvalue weighted by atomic mass is 10.1. The molecular formula is C13H9Cl3N2O. The third kappa shape index (κ3) is 4.10. The summed E-state index contributed by atoms with van der Waals surface area (Å²) in [4.78, 5) is 15.8. The standard InChI is InChI=1S/C13H9Cl3N2O/c14-9-2-4-12(17-7-9)18-13(19)6-8-1-3-10(15)11(16)5-8/h1-5,7H,6H2,(H,17,18,19). The first-order valence-electron chi connectivity index (χ1n) is 5.40. The van der Waals surface area contributed by atoms with E-state index in [9.17, 15) is 4.79 Å². The number of benzene rings is 1. The minimum absolute atomic E-state index is 0.187. The Balaban J connectivity index is 2.01. The fourth-order valence-electron chi connectivity index (χ4n) is 1.47. The Kier molecular flexibility index (Phi) is 4.64. The number of hydrogen-bond acceptors (Lipinski definition) is 2. The van der Waals surface area contributed by atoms with Gasteiger partial charge < -0.3 is 5.32 Å². The van der Waals surface area contributed by atoms with Crippen LogP contribution in [0.4, 0.5) is 5.82 Å². The topological polar surface area (TPSA) is 42.0 Å². The predicted molar refractivity (Wildman–Crippen MR) is 78.0 cm³/mol. The third-order valence-corrected chi connectivity index (χ3v) is 3.31. The van der Waals surface area contributed by atoms with E-state index in [1.165, 1.54) is 6.20 Å². The molecule has 2 aromatic rings. The molecule has 98 valence electrons. The number of nitrogens with one attached hydrogen (secondary N) is 1. The number of aromatic nitrogens is 1. The number of carbonyl (C=O) groups excluding carboxylic acids is 1. The molecule has 0 saturated carbocycles. The maximum atomic E-state index is 11.8. The lowest BCUT2D eigenvalue weighted by Gasteiger charge is -2.05. The van der Waals surface area contributed by atoms with Crippen molar-refractivity contribution in [3.8, 4) is 0 Å². The van der Waals surface area contributed by atoms with Crippen molar-refractivity contribution in [2.45, 2.75) is 6.42 Å².